The Morgan fingerprint density at radius 3 is 1.30 bits per heavy atom. The van der Waals surface area contributed by atoms with Gasteiger partial charge in [0.15, 0.2) is 11.6 Å². The van der Waals surface area contributed by atoms with E-state index in [0.29, 0.717) is 0 Å². The monoisotopic (exact) mass is 542 g/mol. The Kier molecular flexibility index (Phi) is 4.86. The molecule has 0 bridgehead atoms. The second kappa shape index (κ2) is 7.72. The summed E-state index contributed by atoms with van der Waals surface area (Å²) in [7, 11) is 0. The van der Waals surface area contributed by atoms with Gasteiger partial charge in [-0.2, -0.15) is 0 Å². The van der Waals surface area contributed by atoms with Gasteiger partial charge < -0.3 is 29.9 Å². The van der Waals surface area contributed by atoms with Crippen molar-refractivity contribution in [1.29, 1.82) is 0 Å². The molecule has 0 saturated carbocycles. The lowest BCUT2D eigenvalue weighted by atomic mass is 9.76. The number of hydrogen-bond acceptors (Lipinski definition) is 10. The number of carbonyl (C=O) groups excluding carboxylic acids is 4. The third-order valence-electron chi connectivity index (χ3n) is 7.87. The average molecular weight is 542 g/mol. The van der Waals surface area contributed by atoms with Crippen LogP contribution in [0.5, 0.6) is 23.0 Å². The zero-order valence-corrected chi connectivity index (χ0v) is 21.7. The number of Topliss-reactive ketones (excluding diaryl/α,β-unsaturated/α-hetero) is 2. The quantitative estimate of drug-likeness (QED) is 0.416. The van der Waals surface area contributed by atoms with E-state index in [1.54, 1.807) is 0 Å². The van der Waals surface area contributed by atoms with E-state index in [1.165, 1.54) is 52.0 Å². The first-order valence-corrected chi connectivity index (χ1v) is 12.3. The Morgan fingerprint density at radius 2 is 0.950 bits per heavy atom. The van der Waals surface area contributed by atoms with Crippen molar-refractivity contribution in [3.63, 3.8) is 0 Å². The van der Waals surface area contributed by atoms with E-state index in [4.69, 9.17) is 9.47 Å². The number of phenolic OH excluding ortho intramolecular Hbond substituents is 2. The van der Waals surface area contributed by atoms with E-state index in [1.807, 2.05) is 0 Å². The standard InChI is InChI=1S/C30H22O10/c1-11-9-15(31)21-25(35)19-17(39-29(21,3)27(11)37)7-5-13(23(19)33)14-6-8-18-20(24(14)34)26(36)22-16(32)10-12(2)28(38)30(22,4)40-18/h5-10,33-36H,1-4H3/t29-,30-/m1/s1. The summed E-state index contributed by atoms with van der Waals surface area (Å²) in [6, 6.07) is 5.42. The number of benzene rings is 2. The molecule has 6 rings (SSSR count). The minimum atomic E-state index is -1.80. The largest absolute Gasteiger partial charge is 0.506 e. The maximum absolute atomic E-state index is 12.9. The Balaban J connectivity index is 1.55. The van der Waals surface area contributed by atoms with Crippen molar-refractivity contribution < 1.29 is 49.1 Å². The number of aliphatic hydroxyl groups excluding tert-OH is 2. The molecule has 10 heteroatoms. The highest BCUT2D eigenvalue weighted by molar-refractivity contribution is 6.26. The lowest BCUT2D eigenvalue weighted by molar-refractivity contribution is -0.130. The SMILES string of the molecule is CC1=CC(=O)C2=C(O)c3c(ccc(-c4ccc5c(c4O)C(O)=C4C(=O)C=C(C)C(=O)[C@]4(C)O5)c3O)O[C@@]2(C)C1=O. The number of fused-ring (bicyclic) bond motifs is 4. The van der Waals surface area contributed by atoms with Crippen LogP contribution < -0.4 is 9.47 Å². The topological polar surface area (TPSA) is 168 Å². The number of ketones is 4. The molecule has 202 valence electrons. The molecule has 0 saturated heterocycles. The number of carbonyl (C=O) groups is 4. The second-order valence-corrected chi connectivity index (χ2v) is 10.4. The first-order valence-electron chi connectivity index (χ1n) is 12.3. The van der Waals surface area contributed by atoms with Crippen molar-refractivity contribution in [3.8, 4) is 34.1 Å². The highest BCUT2D eigenvalue weighted by atomic mass is 16.5. The Labute approximate surface area is 226 Å². The van der Waals surface area contributed by atoms with Crippen LogP contribution in [0, 0.1) is 0 Å². The zero-order valence-electron chi connectivity index (χ0n) is 21.7. The molecule has 2 aromatic rings. The molecule has 2 aliphatic heterocycles. The fourth-order valence-electron chi connectivity index (χ4n) is 5.90. The molecular formula is C30H22O10. The number of rotatable bonds is 1. The second-order valence-electron chi connectivity index (χ2n) is 10.4. The molecule has 10 nitrogen and oxygen atoms in total. The predicted molar refractivity (Wildman–Crippen MR) is 140 cm³/mol. The molecule has 0 spiro atoms. The van der Waals surface area contributed by atoms with Gasteiger partial charge >= 0.3 is 0 Å². The summed E-state index contributed by atoms with van der Waals surface area (Å²) in [5, 5.41) is 44.7. The highest BCUT2D eigenvalue weighted by Gasteiger charge is 2.53. The van der Waals surface area contributed by atoms with E-state index in [2.05, 4.69) is 0 Å². The molecule has 4 aliphatic rings. The molecule has 0 radical (unpaired) electrons. The molecule has 4 N–H and O–H groups in total. The summed E-state index contributed by atoms with van der Waals surface area (Å²) in [6.45, 7) is 5.64. The van der Waals surface area contributed by atoms with Gasteiger partial charge in [0.1, 0.15) is 45.6 Å². The summed E-state index contributed by atoms with van der Waals surface area (Å²) >= 11 is 0. The predicted octanol–water partition coefficient (Wildman–Crippen LogP) is 3.80. The van der Waals surface area contributed by atoms with Crippen LogP contribution in [0.25, 0.3) is 22.6 Å². The summed E-state index contributed by atoms with van der Waals surface area (Å²) in [5.41, 5.74) is -4.56. The van der Waals surface area contributed by atoms with E-state index in [9.17, 15) is 39.6 Å². The van der Waals surface area contributed by atoms with Gasteiger partial charge in [0.2, 0.25) is 22.8 Å². The fourth-order valence-corrected chi connectivity index (χ4v) is 5.90. The van der Waals surface area contributed by atoms with Crippen molar-refractivity contribution >= 4 is 34.7 Å². The third-order valence-corrected chi connectivity index (χ3v) is 7.87. The number of aliphatic hydroxyl groups is 2. The van der Waals surface area contributed by atoms with Crippen LogP contribution in [0.1, 0.15) is 38.8 Å². The number of aromatic hydroxyl groups is 2. The van der Waals surface area contributed by atoms with E-state index in [0.717, 1.165) is 12.2 Å². The first-order chi connectivity index (χ1) is 18.7. The number of hydrogen-bond donors (Lipinski definition) is 4. The van der Waals surface area contributed by atoms with Gasteiger partial charge in [0.05, 0.1) is 11.1 Å². The molecule has 0 unspecified atom stereocenters. The maximum Gasteiger partial charge on any atom is 0.206 e. The first kappa shape index (κ1) is 25.2. The summed E-state index contributed by atoms with van der Waals surface area (Å²) in [6.07, 6.45) is 2.16. The minimum Gasteiger partial charge on any atom is -0.506 e. The molecule has 0 amide bonds. The lowest BCUT2D eigenvalue weighted by Gasteiger charge is -2.38. The third kappa shape index (κ3) is 2.93. The maximum atomic E-state index is 12.9. The van der Waals surface area contributed by atoms with Crippen molar-refractivity contribution in [1.82, 2.24) is 0 Å². The van der Waals surface area contributed by atoms with Gasteiger partial charge in [0.25, 0.3) is 0 Å². The van der Waals surface area contributed by atoms with Gasteiger partial charge in [-0.15, -0.1) is 0 Å². The fraction of sp³-hybridized carbons (Fsp3) is 0.200. The smallest absolute Gasteiger partial charge is 0.206 e. The van der Waals surface area contributed by atoms with Gasteiger partial charge in [-0.25, -0.2) is 0 Å². The van der Waals surface area contributed by atoms with E-state index < -0.39 is 57.4 Å². The van der Waals surface area contributed by atoms with E-state index >= 15 is 0 Å². The lowest BCUT2D eigenvalue weighted by Crippen LogP contribution is -2.50. The molecular weight excluding hydrogens is 520 g/mol. The zero-order chi connectivity index (χ0) is 29.0. The summed E-state index contributed by atoms with van der Waals surface area (Å²) < 4.78 is 11.7. The average Bonchev–Trinajstić information content (AvgIpc) is 2.86. The van der Waals surface area contributed by atoms with Gasteiger partial charge in [-0.05, 0) is 64.1 Å². The Morgan fingerprint density at radius 1 is 0.600 bits per heavy atom. The highest BCUT2D eigenvalue weighted by Crippen LogP contribution is 2.53. The van der Waals surface area contributed by atoms with E-state index in [-0.39, 0.29) is 56.0 Å². The normalized spacial score (nSPS) is 25.3. The molecule has 2 aliphatic carbocycles. The van der Waals surface area contributed by atoms with Crippen LogP contribution in [0.15, 0.2) is 58.7 Å². The summed E-state index contributed by atoms with van der Waals surface area (Å²) in [5.74, 6) is -4.97. The summed E-state index contributed by atoms with van der Waals surface area (Å²) in [4.78, 5) is 51.3. The molecule has 0 aromatic heterocycles. The van der Waals surface area contributed by atoms with Crippen LogP contribution in [0.4, 0.5) is 0 Å². The Hall–Kier alpha value is -5.12. The number of ether oxygens (including phenoxy) is 2. The van der Waals surface area contributed by atoms with Crippen LogP contribution in [-0.4, -0.2) is 54.8 Å². The molecule has 2 aromatic carbocycles. The van der Waals surface area contributed by atoms with Crippen molar-refractivity contribution in [2.45, 2.75) is 38.9 Å². The van der Waals surface area contributed by atoms with Gasteiger partial charge in [-0.3, -0.25) is 19.2 Å². The molecule has 0 fully saturated rings. The van der Waals surface area contributed by atoms with Crippen molar-refractivity contribution in [3.05, 3.63) is 69.8 Å². The Bertz CT molecular complexity index is 1670. The molecule has 2 heterocycles. The minimum absolute atomic E-state index is 0.0346. The van der Waals surface area contributed by atoms with Gasteiger partial charge in [0, 0.05) is 22.3 Å². The number of allylic oxidation sites excluding steroid dienone is 2. The molecule has 40 heavy (non-hydrogen) atoms. The van der Waals surface area contributed by atoms with Crippen LogP contribution in [0.2, 0.25) is 0 Å². The van der Waals surface area contributed by atoms with Crippen LogP contribution >= 0.6 is 0 Å². The van der Waals surface area contributed by atoms with Crippen LogP contribution in [-0.2, 0) is 19.2 Å². The van der Waals surface area contributed by atoms with Crippen LogP contribution in [0.3, 0.4) is 0 Å². The molecule has 2 atom stereocenters. The van der Waals surface area contributed by atoms with Gasteiger partial charge in [-0.1, -0.05) is 0 Å². The number of phenols is 2. The van der Waals surface area contributed by atoms with Crippen molar-refractivity contribution in [2.24, 2.45) is 0 Å². The van der Waals surface area contributed by atoms with Crippen molar-refractivity contribution in [2.75, 3.05) is 0 Å².